The average Bonchev–Trinajstić information content (AvgIpc) is 3.57. The highest BCUT2D eigenvalue weighted by molar-refractivity contribution is 5.91. The monoisotopic (exact) mass is 501 g/mol. The van der Waals surface area contributed by atoms with Crippen molar-refractivity contribution in [2.75, 3.05) is 20.1 Å². The number of carbonyl (C=O) groups excluding carboxylic acids is 3. The summed E-state index contributed by atoms with van der Waals surface area (Å²) in [5.41, 5.74) is 0.973. The van der Waals surface area contributed by atoms with Crippen molar-refractivity contribution in [2.45, 2.75) is 101 Å². The summed E-state index contributed by atoms with van der Waals surface area (Å²) in [6, 6.07) is -2.01. The number of hydrogen-bond acceptors (Lipinski definition) is 7. The molecule has 198 valence electrons. The summed E-state index contributed by atoms with van der Waals surface area (Å²) in [6.07, 6.45) is 9.07. The van der Waals surface area contributed by atoms with Gasteiger partial charge in [-0.2, -0.15) is 0 Å². The van der Waals surface area contributed by atoms with E-state index in [0.717, 1.165) is 12.1 Å². The molecule has 11 heteroatoms. The molecule has 1 aliphatic carbocycles. The third-order valence-electron chi connectivity index (χ3n) is 8.56. The predicted molar refractivity (Wildman–Crippen MR) is 131 cm³/mol. The Morgan fingerprint density at radius 3 is 2.61 bits per heavy atom. The standard InChI is InChI=1S/C25H39N7O4/c1-15-22(33)11-23(34)27-17-9-21(30(2)12-17)25(36)31-14-19(10-20(31)24(35)26-15)32-13-18(28-29-32)8-16-6-4-3-5-7-16/h13,15-17,19-22,33H,3-12,14H2,1-2H3,(H,26,35)(H,27,34)/t15-,17-,19-,20-,21-,22-/m0/s1. The van der Waals surface area contributed by atoms with Crippen LogP contribution in [0.5, 0.6) is 0 Å². The Labute approximate surface area is 211 Å². The molecule has 3 amide bonds. The van der Waals surface area contributed by atoms with E-state index in [1.807, 2.05) is 22.8 Å². The van der Waals surface area contributed by atoms with Crippen molar-refractivity contribution >= 4 is 17.7 Å². The Bertz CT molecular complexity index is 977. The summed E-state index contributed by atoms with van der Waals surface area (Å²) < 4.78 is 1.83. The summed E-state index contributed by atoms with van der Waals surface area (Å²) >= 11 is 0. The van der Waals surface area contributed by atoms with E-state index in [4.69, 9.17) is 0 Å². The number of aliphatic hydroxyl groups is 1. The van der Waals surface area contributed by atoms with Gasteiger partial charge in [0, 0.05) is 31.7 Å². The van der Waals surface area contributed by atoms with Gasteiger partial charge in [0.2, 0.25) is 17.7 Å². The molecule has 11 nitrogen and oxygen atoms in total. The fourth-order valence-corrected chi connectivity index (χ4v) is 6.42. The van der Waals surface area contributed by atoms with Crippen molar-refractivity contribution < 1.29 is 19.5 Å². The molecule has 4 heterocycles. The first-order valence-corrected chi connectivity index (χ1v) is 13.5. The zero-order valence-electron chi connectivity index (χ0n) is 21.3. The number of hydrogen-bond donors (Lipinski definition) is 3. The minimum Gasteiger partial charge on any atom is -0.390 e. The van der Waals surface area contributed by atoms with Gasteiger partial charge in [0.05, 0.1) is 36.3 Å². The van der Waals surface area contributed by atoms with Gasteiger partial charge in [-0.1, -0.05) is 37.3 Å². The Balaban J connectivity index is 1.35. The van der Waals surface area contributed by atoms with Gasteiger partial charge in [0.15, 0.2) is 0 Å². The number of likely N-dealkylation sites (N-methyl/N-ethyl adjacent to an activating group) is 1. The highest BCUT2D eigenvalue weighted by Gasteiger charge is 2.46. The topological polar surface area (TPSA) is 133 Å². The van der Waals surface area contributed by atoms with E-state index in [2.05, 4.69) is 20.9 Å². The van der Waals surface area contributed by atoms with E-state index in [0.29, 0.717) is 31.8 Å². The van der Waals surface area contributed by atoms with Crippen LogP contribution in [0.2, 0.25) is 0 Å². The first-order chi connectivity index (χ1) is 17.3. The van der Waals surface area contributed by atoms with E-state index in [-0.39, 0.29) is 36.2 Å². The van der Waals surface area contributed by atoms with E-state index in [1.54, 1.807) is 11.8 Å². The highest BCUT2D eigenvalue weighted by Crippen LogP contribution is 2.31. The molecule has 1 saturated carbocycles. The van der Waals surface area contributed by atoms with Crippen LogP contribution in [0.3, 0.4) is 0 Å². The van der Waals surface area contributed by atoms with Gasteiger partial charge < -0.3 is 20.6 Å². The van der Waals surface area contributed by atoms with Crippen LogP contribution in [0.15, 0.2) is 6.20 Å². The van der Waals surface area contributed by atoms with Crippen molar-refractivity contribution in [1.82, 2.24) is 35.4 Å². The lowest BCUT2D eigenvalue weighted by Gasteiger charge is -2.30. The number of likely N-dealkylation sites (tertiary alicyclic amines) is 1. The zero-order chi connectivity index (χ0) is 25.4. The fourth-order valence-electron chi connectivity index (χ4n) is 6.42. The number of rotatable bonds is 3. The maximum atomic E-state index is 13.7. The molecule has 3 N–H and O–H groups in total. The minimum atomic E-state index is -1.01. The number of nitrogens with zero attached hydrogens (tertiary/aromatic N) is 5. The largest absolute Gasteiger partial charge is 0.390 e. The molecule has 3 aliphatic heterocycles. The maximum Gasteiger partial charge on any atom is 0.243 e. The Morgan fingerprint density at radius 2 is 1.83 bits per heavy atom. The van der Waals surface area contributed by atoms with E-state index in [9.17, 15) is 19.5 Å². The molecule has 2 bridgehead atoms. The molecule has 0 radical (unpaired) electrons. The van der Waals surface area contributed by atoms with Crippen LogP contribution in [0, 0.1) is 5.92 Å². The minimum absolute atomic E-state index is 0.0972. The molecule has 1 aromatic heterocycles. The smallest absolute Gasteiger partial charge is 0.243 e. The summed E-state index contributed by atoms with van der Waals surface area (Å²) in [5, 5.41) is 25.1. The van der Waals surface area contributed by atoms with Gasteiger partial charge in [-0.15, -0.1) is 5.10 Å². The number of carbonyl (C=O) groups is 3. The third kappa shape index (κ3) is 5.27. The van der Waals surface area contributed by atoms with Gasteiger partial charge in [-0.25, -0.2) is 4.68 Å². The quantitative estimate of drug-likeness (QED) is 0.531. The predicted octanol–water partition coefficient (Wildman–Crippen LogP) is 0.00110. The molecule has 0 spiro atoms. The van der Waals surface area contributed by atoms with Crippen molar-refractivity contribution in [3.05, 3.63) is 11.9 Å². The van der Waals surface area contributed by atoms with Crippen LogP contribution in [0.4, 0.5) is 0 Å². The molecule has 4 fully saturated rings. The average molecular weight is 502 g/mol. The summed E-state index contributed by atoms with van der Waals surface area (Å²) in [6.45, 7) is 2.61. The SMILES string of the molecule is C[C@@H]1NC(=O)[C@@H]2C[C@H](n3cc(CC4CCCCC4)nn3)CN2C(=O)[C@@H]2C[C@@H](CN2C)NC(=O)C[C@@H]1O. The van der Waals surface area contributed by atoms with Gasteiger partial charge in [0.25, 0.3) is 0 Å². The third-order valence-corrected chi connectivity index (χ3v) is 8.56. The highest BCUT2D eigenvalue weighted by atomic mass is 16.3. The maximum absolute atomic E-state index is 13.7. The Morgan fingerprint density at radius 1 is 1.06 bits per heavy atom. The molecule has 4 aliphatic rings. The number of nitrogens with one attached hydrogen (secondary N) is 2. The van der Waals surface area contributed by atoms with Crippen LogP contribution in [0.1, 0.15) is 70.0 Å². The second-order valence-corrected chi connectivity index (χ2v) is 11.3. The Hall–Kier alpha value is -2.53. The molecule has 0 aromatic carbocycles. The lowest BCUT2D eigenvalue weighted by atomic mass is 9.86. The fraction of sp³-hybridized carbons (Fsp3) is 0.800. The lowest BCUT2D eigenvalue weighted by molar-refractivity contribution is -0.142. The normalized spacial score (nSPS) is 35.0. The Kier molecular flexibility index (Phi) is 7.30. The van der Waals surface area contributed by atoms with Crippen molar-refractivity contribution in [3.8, 4) is 0 Å². The lowest BCUT2D eigenvalue weighted by Crippen LogP contribution is -2.54. The number of aliphatic hydroxyl groups excluding tert-OH is 1. The van der Waals surface area contributed by atoms with Crippen LogP contribution < -0.4 is 10.6 Å². The zero-order valence-corrected chi connectivity index (χ0v) is 21.3. The molecule has 3 saturated heterocycles. The molecule has 6 atom stereocenters. The summed E-state index contributed by atoms with van der Waals surface area (Å²) in [7, 11) is 1.87. The van der Waals surface area contributed by atoms with Crippen LogP contribution in [0.25, 0.3) is 0 Å². The number of amides is 3. The molecule has 1 aromatic rings. The summed E-state index contributed by atoms with van der Waals surface area (Å²) in [5.74, 6) is -0.0318. The second kappa shape index (κ2) is 10.5. The van der Waals surface area contributed by atoms with Crippen molar-refractivity contribution in [1.29, 1.82) is 0 Å². The van der Waals surface area contributed by atoms with E-state index < -0.39 is 24.2 Å². The van der Waals surface area contributed by atoms with Crippen molar-refractivity contribution in [3.63, 3.8) is 0 Å². The van der Waals surface area contributed by atoms with Gasteiger partial charge in [-0.3, -0.25) is 19.3 Å². The number of fused-ring (bicyclic) bond motifs is 3. The van der Waals surface area contributed by atoms with Gasteiger partial charge in [-0.05, 0) is 32.7 Å². The van der Waals surface area contributed by atoms with E-state index >= 15 is 0 Å². The van der Waals surface area contributed by atoms with Gasteiger partial charge >= 0.3 is 0 Å². The molecular formula is C25H39N7O4. The molecule has 0 unspecified atom stereocenters. The molecular weight excluding hydrogens is 462 g/mol. The number of aromatic nitrogens is 3. The van der Waals surface area contributed by atoms with Gasteiger partial charge in [0.1, 0.15) is 6.04 Å². The van der Waals surface area contributed by atoms with Crippen LogP contribution >= 0.6 is 0 Å². The van der Waals surface area contributed by atoms with Crippen molar-refractivity contribution in [2.24, 2.45) is 5.92 Å². The first-order valence-electron chi connectivity index (χ1n) is 13.5. The molecule has 36 heavy (non-hydrogen) atoms. The summed E-state index contributed by atoms with van der Waals surface area (Å²) in [4.78, 5) is 43.1. The van der Waals surface area contributed by atoms with Crippen LogP contribution in [-0.2, 0) is 20.8 Å². The second-order valence-electron chi connectivity index (χ2n) is 11.3. The molecule has 5 rings (SSSR count). The van der Waals surface area contributed by atoms with Crippen LogP contribution in [-0.4, -0.2) is 98.0 Å². The van der Waals surface area contributed by atoms with E-state index in [1.165, 1.54) is 32.1 Å². The first kappa shape index (κ1) is 25.1.